The van der Waals surface area contributed by atoms with Crippen molar-refractivity contribution in [3.8, 4) is 0 Å². The summed E-state index contributed by atoms with van der Waals surface area (Å²) in [6, 6.07) is 8.49. The molecular weight excluding hydrogens is 443 g/mol. The van der Waals surface area contributed by atoms with Gasteiger partial charge in [0.15, 0.2) is 9.84 Å². The molecule has 0 unspecified atom stereocenters. The van der Waals surface area contributed by atoms with Crippen molar-refractivity contribution in [1.82, 2.24) is 9.80 Å². The van der Waals surface area contributed by atoms with Gasteiger partial charge in [-0.1, -0.05) is 0 Å². The number of nitro benzene ring substituents is 1. The zero-order valence-electron chi connectivity index (χ0n) is 17.2. The van der Waals surface area contributed by atoms with E-state index >= 15 is 0 Å². The first kappa shape index (κ1) is 23.3. The number of amides is 2. The van der Waals surface area contributed by atoms with E-state index in [9.17, 15) is 32.5 Å². The molecule has 10 nitrogen and oxygen atoms in total. The van der Waals surface area contributed by atoms with Gasteiger partial charge in [-0.05, 0) is 30.3 Å². The molecule has 1 fully saturated rings. The summed E-state index contributed by atoms with van der Waals surface area (Å²) < 4.78 is 36.6. The molecule has 2 aromatic carbocycles. The number of halogens is 1. The van der Waals surface area contributed by atoms with Gasteiger partial charge in [0, 0.05) is 55.8 Å². The maximum absolute atomic E-state index is 12.9. The number of rotatable bonds is 6. The summed E-state index contributed by atoms with van der Waals surface area (Å²) in [6.45, 7) is 1.38. The predicted molar refractivity (Wildman–Crippen MR) is 114 cm³/mol. The molecule has 1 aliphatic heterocycles. The maximum atomic E-state index is 12.9. The number of anilines is 1. The summed E-state index contributed by atoms with van der Waals surface area (Å²) in [6.07, 6.45) is 0.913. The Hall–Kier alpha value is -3.38. The zero-order valence-corrected chi connectivity index (χ0v) is 18.0. The van der Waals surface area contributed by atoms with E-state index in [-0.39, 0.29) is 36.0 Å². The lowest BCUT2D eigenvalue weighted by Gasteiger charge is -2.34. The normalized spacial score (nSPS) is 14.8. The number of non-ortho nitro benzene ring substituents is 1. The van der Waals surface area contributed by atoms with Crippen LogP contribution in [0.3, 0.4) is 0 Å². The molecule has 0 atom stereocenters. The topological polar surface area (TPSA) is 130 Å². The molecule has 170 valence electrons. The van der Waals surface area contributed by atoms with Crippen molar-refractivity contribution < 1.29 is 27.3 Å². The quantitative estimate of drug-likeness (QED) is 0.507. The van der Waals surface area contributed by atoms with Gasteiger partial charge in [-0.3, -0.25) is 24.6 Å². The van der Waals surface area contributed by atoms with Crippen molar-refractivity contribution in [3.63, 3.8) is 0 Å². The van der Waals surface area contributed by atoms with Crippen LogP contribution in [-0.2, 0) is 14.6 Å². The van der Waals surface area contributed by atoms with E-state index in [1.165, 1.54) is 29.2 Å². The summed E-state index contributed by atoms with van der Waals surface area (Å²) in [5.74, 6) is -1.21. The van der Waals surface area contributed by atoms with Crippen LogP contribution in [0.5, 0.6) is 0 Å². The number of hydrogen-bond acceptors (Lipinski definition) is 7. The van der Waals surface area contributed by atoms with Gasteiger partial charge < -0.3 is 10.2 Å². The summed E-state index contributed by atoms with van der Waals surface area (Å²) in [5.41, 5.74) is -0.0907. The smallest absolute Gasteiger partial charge is 0.271 e. The predicted octanol–water partition coefficient (Wildman–Crippen LogP) is 1.53. The highest BCUT2D eigenvalue weighted by atomic mass is 32.2. The Morgan fingerprint density at radius 3 is 2.28 bits per heavy atom. The van der Waals surface area contributed by atoms with Crippen LogP contribution >= 0.6 is 0 Å². The molecule has 0 aromatic heterocycles. The second-order valence-corrected chi connectivity index (χ2v) is 9.38. The molecule has 12 heteroatoms. The molecule has 1 heterocycles. The highest BCUT2D eigenvalue weighted by molar-refractivity contribution is 7.90. The number of sulfone groups is 1. The van der Waals surface area contributed by atoms with Gasteiger partial charge in [0.25, 0.3) is 11.6 Å². The highest BCUT2D eigenvalue weighted by Crippen LogP contribution is 2.22. The SMILES string of the molecule is CS(=O)(=O)c1cc(C(=O)N2CCN(CC(=O)Nc3ccc(F)cc3)CC2)cc([N+](=O)[O-])c1. The summed E-state index contributed by atoms with van der Waals surface area (Å²) in [5, 5.41) is 13.8. The van der Waals surface area contributed by atoms with E-state index in [4.69, 9.17) is 0 Å². The average Bonchev–Trinajstić information content (AvgIpc) is 2.74. The van der Waals surface area contributed by atoms with Gasteiger partial charge in [0.05, 0.1) is 16.4 Å². The van der Waals surface area contributed by atoms with Gasteiger partial charge in [0.1, 0.15) is 5.82 Å². The van der Waals surface area contributed by atoms with E-state index < -0.39 is 32.2 Å². The molecule has 2 aromatic rings. The molecule has 0 radical (unpaired) electrons. The Kier molecular flexibility index (Phi) is 6.84. The minimum atomic E-state index is -3.74. The number of hydrogen-bond donors (Lipinski definition) is 1. The van der Waals surface area contributed by atoms with Crippen LogP contribution in [0.15, 0.2) is 47.4 Å². The van der Waals surface area contributed by atoms with Gasteiger partial charge in [0.2, 0.25) is 5.91 Å². The third-order valence-electron chi connectivity index (χ3n) is 4.93. The Morgan fingerprint density at radius 2 is 1.72 bits per heavy atom. The number of nitro groups is 1. The van der Waals surface area contributed by atoms with Crippen LogP contribution in [-0.4, -0.2) is 73.9 Å². The monoisotopic (exact) mass is 464 g/mol. The number of piperazine rings is 1. The van der Waals surface area contributed by atoms with Gasteiger partial charge in [-0.25, -0.2) is 12.8 Å². The van der Waals surface area contributed by atoms with Crippen molar-refractivity contribution in [2.75, 3.05) is 44.3 Å². The van der Waals surface area contributed by atoms with E-state index in [2.05, 4.69) is 5.32 Å². The summed E-state index contributed by atoms with van der Waals surface area (Å²) >= 11 is 0. The van der Waals surface area contributed by atoms with Crippen LogP contribution in [0.2, 0.25) is 0 Å². The van der Waals surface area contributed by atoms with Crippen LogP contribution in [0.1, 0.15) is 10.4 Å². The molecule has 0 saturated carbocycles. The number of carbonyl (C=O) groups excluding carboxylic acids is 2. The number of nitrogens with one attached hydrogen (secondary N) is 1. The van der Waals surface area contributed by atoms with Crippen molar-refractivity contribution in [2.45, 2.75) is 4.90 Å². The second kappa shape index (κ2) is 9.40. The van der Waals surface area contributed by atoms with E-state index in [1.54, 1.807) is 0 Å². The lowest BCUT2D eigenvalue weighted by molar-refractivity contribution is -0.385. The van der Waals surface area contributed by atoms with Gasteiger partial charge in [-0.2, -0.15) is 0 Å². The zero-order chi connectivity index (χ0) is 23.5. The number of benzene rings is 2. The molecule has 3 rings (SSSR count). The van der Waals surface area contributed by atoms with Gasteiger partial charge in [-0.15, -0.1) is 0 Å². The van der Waals surface area contributed by atoms with Crippen LogP contribution in [0, 0.1) is 15.9 Å². The van der Waals surface area contributed by atoms with Crippen molar-refractivity contribution in [3.05, 3.63) is 64.0 Å². The molecule has 1 aliphatic rings. The summed E-state index contributed by atoms with van der Waals surface area (Å²) in [4.78, 5) is 38.4. The van der Waals surface area contributed by atoms with Gasteiger partial charge >= 0.3 is 0 Å². The lowest BCUT2D eigenvalue weighted by atomic mass is 10.1. The van der Waals surface area contributed by atoms with E-state index in [0.29, 0.717) is 18.8 Å². The van der Waals surface area contributed by atoms with Crippen molar-refractivity contribution in [1.29, 1.82) is 0 Å². The Morgan fingerprint density at radius 1 is 1.09 bits per heavy atom. The van der Waals surface area contributed by atoms with Crippen molar-refractivity contribution in [2.24, 2.45) is 0 Å². The molecule has 1 saturated heterocycles. The highest BCUT2D eigenvalue weighted by Gasteiger charge is 2.26. The molecule has 0 bridgehead atoms. The molecule has 2 amide bonds. The van der Waals surface area contributed by atoms with Crippen LogP contribution in [0.4, 0.5) is 15.8 Å². The first-order valence-electron chi connectivity index (χ1n) is 9.59. The third-order valence-corrected chi connectivity index (χ3v) is 6.02. The molecule has 0 aliphatic carbocycles. The van der Waals surface area contributed by atoms with Crippen molar-refractivity contribution >= 4 is 33.0 Å². The number of nitrogens with zero attached hydrogens (tertiary/aromatic N) is 3. The molecule has 1 N–H and O–H groups in total. The van der Waals surface area contributed by atoms with E-state index in [0.717, 1.165) is 24.5 Å². The fourth-order valence-corrected chi connectivity index (χ4v) is 3.93. The first-order valence-corrected chi connectivity index (χ1v) is 11.5. The molecule has 32 heavy (non-hydrogen) atoms. The minimum Gasteiger partial charge on any atom is -0.336 e. The molecular formula is C20H21FN4O6S. The fraction of sp³-hybridized carbons (Fsp3) is 0.300. The second-order valence-electron chi connectivity index (χ2n) is 7.37. The lowest BCUT2D eigenvalue weighted by Crippen LogP contribution is -2.50. The average molecular weight is 464 g/mol. The Labute approximate surface area is 183 Å². The fourth-order valence-electron chi connectivity index (χ4n) is 3.25. The first-order chi connectivity index (χ1) is 15.0. The maximum Gasteiger partial charge on any atom is 0.271 e. The Bertz CT molecular complexity index is 1150. The third kappa shape index (κ3) is 5.86. The van der Waals surface area contributed by atoms with Crippen LogP contribution < -0.4 is 5.32 Å². The van der Waals surface area contributed by atoms with E-state index in [1.807, 2.05) is 4.90 Å². The number of carbonyl (C=O) groups is 2. The molecule has 0 spiro atoms. The summed E-state index contributed by atoms with van der Waals surface area (Å²) in [7, 11) is -3.74. The standard InChI is InChI=1S/C20H21FN4O6S/c1-32(30,31)18-11-14(10-17(12-18)25(28)29)20(27)24-8-6-23(7-9-24)13-19(26)22-16-4-2-15(21)3-5-16/h2-5,10-12H,6-9,13H2,1H3,(H,22,26). The Balaban J connectivity index is 1.62. The minimum absolute atomic E-state index is 0.0778. The van der Waals surface area contributed by atoms with Crippen LogP contribution in [0.25, 0.3) is 0 Å². The largest absolute Gasteiger partial charge is 0.336 e.